The second kappa shape index (κ2) is 6.52. The zero-order valence-corrected chi connectivity index (χ0v) is 13.7. The van der Waals surface area contributed by atoms with Gasteiger partial charge in [-0.1, -0.05) is 11.6 Å². The lowest BCUT2D eigenvalue weighted by atomic mass is 10.2. The first-order valence-corrected chi connectivity index (χ1v) is 7.51. The number of carbonyl (C=O) groups is 2. The molecule has 0 radical (unpaired) electrons. The largest absolute Gasteiger partial charge is 0.444 e. The van der Waals surface area contributed by atoms with E-state index in [2.05, 4.69) is 10.3 Å². The third-order valence-electron chi connectivity index (χ3n) is 3.18. The van der Waals surface area contributed by atoms with E-state index in [1.807, 2.05) is 20.8 Å². The second-order valence-electron chi connectivity index (χ2n) is 6.27. The van der Waals surface area contributed by atoms with E-state index in [1.165, 1.54) is 6.20 Å². The lowest BCUT2D eigenvalue weighted by Gasteiger charge is -2.24. The van der Waals surface area contributed by atoms with E-state index >= 15 is 0 Å². The van der Waals surface area contributed by atoms with Crippen LogP contribution in [-0.4, -0.2) is 47.0 Å². The standard InChI is InChI=1S/C15H20ClN3O3/c1-15(2,3)22-14(21)19-5-4-11(8-19)18-13-12(16)6-10(9-20)7-17-13/h6-7,9,11H,4-5,8H2,1-3H3,(H,17,18)/t11-/m1/s1. The van der Waals surface area contributed by atoms with Crippen molar-refractivity contribution in [2.24, 2.45) is 0 Å². The lowest BCUT2D eigenvalue weighted by molar-refractivity contribution is 0.0293. The Morgan fingerprint density at radius 3 is 2.86 bits per heavy atom. The fourth-order valence-electron chi connectivity index (χ4n) is 2.19. The van der Waals surface area contributed by atoms with Crippen molar-refractivity contribution in [1.82, 2.24) is 9.88 Å². The molecular formula is C15H20ClN3O3. The molecule has 0 aromatic carbocycles. The van der Waals surface area contributed by atoms with Crippen LogP contribution in [0.25, 0.3) is 0 Å². The first kappa shape index (κ1) is 16.5. The molecule has 0 bridgehead atoms. The van der Waals surface area contributed by atoms with Gasteiger partial charge in [-0.2, -0.15) is 0 Å². The molecular weight excluding hydrogens is 306 g/mol. The molecule has 6 nitrogen and oxygen atoms in total. The molecule has 1 fully saturated rings. The van der Waals surface area contributed by atoms with Crippen LogP contribution in [0.1, 0.15) is 37.6 Å². The molecule has 0 unspecified atom stereocenters. The van der Waals surface area contributed by atoms with Gasteiger partial charge in [-0.3, -0.25) is 4.79 Å². The van der Waals surface area contributed by atoms with Gasteiger partial charge in [-0.25, -0.2) is 9.78 Å². The van der Waals surface area contributed by atoms with Crippen molar-refractivity contribution >= 4 is 29.8 Å². The Bertz CT molecular complexity index is 572. The third-order valence-corrected chi connectivity index (χ3v) is 3.47. The van der Waals surface area contributed by atoms with E-state index in [-0.39, 0.29) is 12.1 Å². The van der Waals surface area contributed by atoms with E-state index in [9.17, 15) is 9.59 Å². The highest BCUT2D eigenvalue weighted by atomic mass is 35.5. The molecule has 1 aromatic rings. The quantitative estimate of drug-likeness (QED) is 0.865. The predicted octanol–water partition coefficient (Wildman–Crippen LogP) is 2.97. The average Bonchev–Trinajstić information content (AvgIpc) is 2.88. The van der Waals surface area contributed by atoms with Crippen molar-refractivity contribution in [2.75, 3.05) is 18.4 Å². The maximum atomic E-state index is 12.0. The number of nitrogens with one attached hydrogen (secondary N) is 1. The normalized spacial score (nSPS) is 18.2. The van der Waals surface area contributed by atoms with Crippen LogP contribution >= 0.6 is 11.6 Å². The summed E-state index contributed by atoms with van der Waals surface area (Å²) in [6, 6.07) is 1.62. The number of hydrogen-bond donors (Lipinski definition) is 1. The first-order valence-electron chi connectivity index (χ1n) is 7.13. The Morgan fingerprint density at radius 2 is 2.27 bits per heavy atom. The Kier molecular flexibility index (Phi) is 4.90. The highest BCUT2D eigenvalue weighted by molar-refractivity contribution is 6.33. The Balaban J connectivity index is 1.94. The molecule has 1 aliphatic heterocycles. The van der Waals surface area contributed by atoms with Gasteiger partial charge in [0.2, 0.25) is 0 Å². The maximum absolute atomic E-state index is 12.0. The first-order chi connectivity index (χ1) is 10.3. The fourth-order valence-corrected chi connectivity index (χ4v) is 2.42. The van der Waals surface area contributed by atoms with Crippen LogP contribution in [0.3, 0.4) is 0 Å². The number of pyridine rings is 1. The molecule has 7 heteroatoms. The number of nitrogens with zero attached hydrogens (tertiary/aromatic N) is 2. The molecule has 0 spiro atoms. The summed E-state index contributed by atoms with van der Waals surface area (Å²) in [5.41, 5.74) is -0.0738. The van der Waals surface area contributed by atoms with Crippen molar-refractivity contribution < 1.29 is 14.3 Å². The van der Waals surface area contributed by atoms with Gasteiger partial charge in [-0.15, -0.1) is 0 Å². The molecule has 2 rings (SSSR count). The maximum Gasteiger partial charge on any atom is 0.410 e. The van der Waals surface area contributed by atoms with Crippen LogP contribution in [0, 0.1) is 0 Å². The zero-order valence-electron chi connectivity index (χ0n) is 12.9. The van der Waals surface area contributed by atoms with Gasteiger partial charge in [-0.05, 0) is 33.3 Å². The summed E-state index contributed by atoms with van der Waals surface area (Å²) in [7, 11) is 0. The summed E-state index contributed by atoms with van der Waals surface area (Å²) >= 11 is 6.08. The van der Waals surface area contributed by atoms with E-state index in [4.69, 9.17) is 16.3 Å². The summed E-state index contributed by atoms with van der Waals surface area (Å²) in [4.78, 5) is 28.5. The zero-order chi connectivity index (χ0) is 16.3. The molecule has 22 heavy (non-hydrogen) atoms. The van der Waals surface area contributed by atoms with Crippen LogP contribution in [0.2, 0.25) is 5.02 Å². The van der Waals surface area contributed by atoms with Crippen molar-refractivity contribution in [3.8, 4) is 0 Å². The van der Waals surface area contributed by atoms with Gasteiger partial charge in [0.1, 0.15) is 11.4 Å². The second-order valence-corrected chi connectivity index (χ2v) is 6.68. The number of likely N-dealkylation sites (tertiary alicyclic amines) is 1. The van der Waals surface area contributed by atoms with Crippen molar-refractivity contribution in [3.63, 3.8) is 0 Å². The minimum Gasteiger partial charge on any atom is -0.444 e. The van der Waals surface area contributed by atoms with Crippen LogP contribution in [0.15, 0.2) is 12.3 Å². The van der Waals surface area contributed by atoms with E-state index in [0.717, 1.165) is 6.42 Å². The molecule has 1 aliphatic rings. The molecule has 1 saturated heterocycles. The van der Waals surface area contributed by atoms with Gasteiger partial charge in [0.05, 0.1) is 5.02 Å². The van der Waals surface area contributed by atoms with E-state index in [1.54, 1.807) is 11.0 Å². The number of anilines is 1. The molecule has 2 heterocycles. The predicted molar refractivity (Wildman–Crippen MR) is 84.5 cm³/mol. The van der Waals surface area contributed by atoms with Crippen LogP contribution < -0.4 is 5.32 Å². The van der Waals surface area contributed by atoms with Crippen molar-refractivity contribution in [1.29, 1.82) is 0 Å². The van der Waals surface area contributed by atoms with Crippen LogP contribution in [0.5, 0.6) is 0 Å². The SMILES string of the molecule is CC(C)(C)OC(=O)N1CC[C@@H](Nc2ncc(C=O)cc2Cl)C1. The monoisotopic (exact) mass is 325 g/mol. The van der Waals surface area contributed by atoms with E-state index < -0.39 is 5.60 Å². The van der Waals surface area contributed by atoms with Crippen molar-refractivity contribution in [2.45, 2.75) is 38.8 Å². The highest BCUT2D eigenvalue weighted by Crippen LogP contribution is 2.23. The minimum absolute atomic E-state index is 0.0552. The number of rotatable bonds is 3. The molecule has 120 valence electrons. The molecule has 1 amide bonds. The summed E-state index contributed by atoms with van der Waals surface area (Å²) in [5.74, 6) is 0.517. The molecule has 1 aromatic heterocycles. The fraction of sp³-hybridized carbons (Fsp3) is 0.533. The number of hydrogen-bond acceptors (Lipinski definition) is 5. The Hall–Kier alpha value is -1.82. The topological polar surface area (TPSA) is 71.5 Å². The van der Waals surface area contributed by atoms with Gasteiger partial charge < -0.3 is 15.0 Å². The van der Waals surface area contributed by atoms with Gasteiger partial charge in [0.25, 0.3) is 0 Å². The van der Waals surface area contributed by atoms with Gasteiger partial charge in [0, 0.05) is 30.9 Å². The Morgan fingerprint density at radius 1 is 1.55 bits per heavy atom. The summed E-state index contributed by atoms with van der Waals surface area (Å²) < 4.78 is 5.35. The van der Waals surface area contributed by atoms with Gasteiger partial charge >= 0.3 is 6.09 Å². The lowest BCUT2D eigenvalue weighted by Crippen LogP contribution is -2.36. The van der Waals surface area contributed by atoms with Crippen molar-refractivity contribution in [3.05, 3.63) is 22.8 Å². The average molecular weight is 326 g/mol. The molecule has 0 saturated carbocycles. The number of aromatic nitrogens is 1. The Labute approximate surface area is 134 Å². The molecule has 1 atom stereocenters. The summed E-state index contributed by atoms with van der Waals surface area (Å²) in [6.45, 7) is 6.68. The summed E-state index contributed by atoms with van der Waals surface area (Å²) in [6.07, 6.45) is 2.63. The highest BCUT2D eigenvalue weighted by Gasteiger charge is 2.30. The van der Waals surface area contributed by atoms with Crippen LogP contribution in [-0.2, 0) is 4.74 Å². The third kappa shape index (κ3) is 4.34. The number of ether oxygens (including phenoxy) is 1. The van der Waals surface area contributed by atoms with E-state index in [0.29, 0.717) is 35.8 Å². The number of aldehydes is 1. The number of carbonyl (C=O) groups excluding carboxylic acids is 2. The van der Waals surface area contributed by atoms with Crippen LogP contribution in [0.4, 0.5) is 10.6 Å². The molecule has 1 N–H and O–H groups in total. The number of halogens is 1. The summed E-state index contributed by atoms with van der Waals surface area (Å²) in [5, 5.41) is 3.59. The minimum atomic E-state index is -0.502. The number of amides is 1. The smallest absolute Gasteiger partial charge is 0.410 e. The molecule has 0 aliphatic carbocycles. The van der Waals surface area contributed by atoms with Gasteiger partial charge in [0.15, 0.2) is 6.29 Å².